The summed E-state index contributed by atoms with van der Waals surface area (Å²) in [7, 11) is 0. The van der Waals surface area contributed by atoms with Crippen LogP contribution in [0.1, 0.15) is 46.0 Å². The van der Waals surface area contributed by atoms with Crippen LogP contribution in [0.2, 0.25) is 0 Å². The number of hydrogen-bond donors (Lipinski definition) is 1. The SMILES string of the molecule is CCC1NC2(CC2)C(=O)N1C(C)C1CCOCC1. The first-order valence-corrected chi connectivity index (χ1v) is 7.36. The summed E-state index contributed by atoms with van der Waals surface area (Å²) in [5.74, 6) is 0.959. The summed E-state index contributed by atoms with van der Waals surface area (Å²) in [5.41, 5.74) is -0.167. The highest BCUT2D eigenvalue weighted by atomic mass is 16.5. The molecular formula is C14H24N2O2. The van der Waals surface area contributed by atoms with E-state index < -0.39 is 0 Å². The van der Waals surface area contributed by atoms with E-state index >= 15 is 0 Å². The Morgan fingerprint density at radius 1 is 1.44 bits per heavy atom. The highest BCUT2D eigenvalue weighted by Crippen LogP contribution is 2.44. The second-order valence-corrected chi connectivity index (χ2v) is 6.05. The van der Waals surface area contributed by atoms with Crippen molar-refractivity contribution in [1.29, 1.82) is 0 Å². The Kier molecular flexibility index (Phi) is 3.10. The smallest absolute Gasteiger partial charge is 0.244 e. The molecule has 1 saturated carbocycles. The number of carbonyl (C=O) groups excluding carboxylic acids is 1. The van der Waals surface area contributed by atoms with Gasteiger partial charge in [-0.3, -0.25) is 10.1 Å². The predicted molar refractivity (Wildman–Crippen MR) is 69.0 cm³/mol. The third-order valence-electron chi connectivity index (χ3n) is 4.95. The van der Waals surface area contributed by atoms with Crippen LogP contribution >= 0.6 is 0 Å². The van der Waals surface area contributed by atoms with Crippen molar-refractivity contribution in [2.24, 2.45) is 5.92 Å². The van der Waals surface area contributed by atoms with E-state index in [0.717, 1.165) is 45.3 Å². The summed E-state index contributed by atoms with van der Waals surface area (Å²) in [5, 5.41) is 3.56. The van der Waals surface area contributed by atoms with E-state index in [4.69, 9.17) is 4.74 Å². The van der Waals surface area contributed by atoms with Crippen LogP contribution in [0.3, 0.4) is 0 Å². The Bertz CT molecular complexity index is 335. The van der Waals surface area contributed by atoms with Gasteiger partial charge >= 0.3 is 0 Å². The second kappa shape index (κ2) is 4.49. The highest BCUT2D eigenvalue weighted by molar-refractivity contribution is 5.92. The standard InChI is InChI=1S/C14H24N2O2/c1-3-12-15-14(6-7-14)13(17)16(12)10(2)11-4-8-18-9-5-11/h10-12,15H,3-9H2,1-2H3. The zero-order valence-electron chi connectivity index (χ0n) is 11.4. The van der Waals surface area contributed by atoms with Gasteiger partial charge in [-0.2, -0.15) is 0 Å². The Hall–Kier alpha value is -0.610. The van der Waals surface area contributed by atoms with E-state index in [1.165, 1.54) is 0 Å². The molecule has 0 aromatic heterocycles. The van der Waals surface area contributed by atoms with Crippen molar-refractivity contribution in [3.05, 3.63) is 0 Å². The predicted octanol–water partition coefficient (Wildman–Crippen LogP) is 1.50. The molecule has 1 N–H and O–H groups in total. The fourth-order valence-electron chi connectivity index (χ4n) is 3.51. The minimum atomic E-state index is -0.167. The molecule has 3 aliphatic rings. The largest absolute Gasteiger partial charge is 0.381 e. The van der Waals surface area contributed by atoms with E-state index in [0.29, 0.717) is 17.9 Å². The van der Waals surface area contributed by atoms with Gasteiger partial charge in [0.05, 0.1) is 11.7 Å². The lowest BCUT2D eigenvalue weighted by atomic mass is 9.91. The molecule has 3 rings (SSSR count). The molecule has 2 aliphatic heterocycles. The lowest BCUT2D eigenvalue weighted by molar-refractivity contribution is -0.134. The first kappa shape index (κ1) is 12.4. The number of ether oxygens (including phenoxy) is 1. The molecule has 4 heteroatoms. The van der Waals surface area contributed by atoms with Gasteiger partial charge in [-0.05, 0) is 44.9 Å². The summed E-state index contributed by atoms with van der Waals surface area (Å²) in [4.78, 5) is 14.7. The summed E-state index contributed by atoms with van der Waals surface area (Å²) in [6, 6.07) is 0.346. The molecular weight excluding hydrogens is 228 g/mol. The average molecular weight is 252 g/mol. The number of nitrogens with zero attached hydrogens (tertiary/aromatic N) is 1. The molecule has 2 atom stereocenters. The molecule has 102 valence electrons. The van der Waals surface area contributed by atoms with Crippen molar-refractivity contribution in [2.75, 3.05) is 13.2 Å². The third-order valence-corrected chi connectivity index (χ3v) is 4.95. The van der Waals surface area contributed by atoms with Gasteiger partial charge in [-0.25, -0.2) is 0 Å². The van der Waals surface area contributed by atoms with Crippen molar-refractivity contribution in [2.45, 2.75) is 63.7 Å². The molecule has 18 heavy (non-hydrogen) atoms. The van der Waals surface area contributed by atoms with Crippen molar-refractivity contribution >= 4 is 5.91 Å². The number of carbonyl (C=O) groups is 1. The van der Waals surface area contributed by atoms with Crippen LogP contribution in [0.4, 0.5) is 0 Å². The van der Waals surface area contributed by atoms with Gasteiger partial charge < -0.3 is 9.64 Å². The molecule has 4 nitrogen and oxygen atoms in total. The fraction of sp³-hybridized carbons (Fsp3) is 0.929. The number of rotatable bonds is 3. The molecule has 1 amide bonds. The molecule has 1 spiro atoms. The van der Waals surface area contributed by atoms with E-state index in [-0.39, 0.29) is 11.7 Å². The van der Waals surface area contributed by atoms with Crippen molar-refractivity contribution < 1.29 is 9.53 Å². The molecule has 0 aromatic rings. The Morgan fingerprint density at radius 2 is 2.11 bits per heavy atom. The van der Waals surface area contributed by atoms with Crippen LogP contribution in [0.25, 0.3) is 0 Å². The summed E-state index contributed by atoms with van der Waals surface area (Å²) >= 11 is 0. The quantitative estimate of drug-likeness (QED) is 0.827. The normalized spacial score (nSPS) is 33.1. The second-order valence-electron chi connectivity index (χ2n) is 6.05. The molecule has 0 radical (unpaired) electrons. The maximum absolute atomic E-state index is 12.6. The van der Waals surface area contributed by atoms with Crippen molar-refractivity contribution in [3.63, 3.8) is 0 Å². The summed E-state index contributed by atoms with van der Waals surface area (Å²) in [6.07, 6.45) is 5.49. The van der Waals surface area contributed by atoms with Gasteiger partial charge in [-0.15, -0.1) is 0 Å². The number of amides is 1. The summed E-state index contributed by atoms with van der Waals surface area (Å²) in [6.45, 7) is 6.09. The Balaban J connectivity index is 1.74. The molecule has 1 aliphatic carbocycles. The van der Waals surface area contributed by atoms with Crippen molar-refractivity contribution in [3.8, 4) is 0 Å². The van der Waals surface area contributed by atoms with Crippen LogP contribution in [-0.2, 0) is 9.53 Å². The van der Waals surface area contributed by atoms with Gasteiger partial charge in [0.1, 0.15) is 0 Å². The van der Waals surface area contributed by atoms with Crippen LogP contribution in [0.5, 0.6) is 0 Å². The van der Waals surface area contributed by atoms with E-state index in [9.17, 15) is 4.79 Å². The monoisotopic (exact) mass is 252 g/mol. The number of nitrogens with one attached hydrogen (secondary N) is 1. The van der Waals surface area contributed by atoms with Gasteiger partial charge in [0, 0.05) is 19.3 Å². The molecule has 0 bridgehead atoms. The first-order valence-electron chi connectivity index (χ1n) is 7.36. The van der Waals surface area contributed by atoms with Crippen molar-refractivity contribution in [1.82, 2.24) is 10.2 Å². The highest BCUT2D eigenvalue weighted by Gasteiger charge is 2.59. The maximum atomic E-state index is 12.6. The topological polar surface area (TPSA) is 41.6 Å². The maximum Gasteiger partial charge on any atom is 0.244 e. The number of hydrogen-bond acceptors (Lipinski definition) is 3. The fourth-order valence-corrected chi connectivity index (χ4v) is 3.51. The zero-order chi connectivity index (χ0) is 12.8. The van der Waals surface area contributed by atoms with Crippen LogP contribution < -0.4 is 5.32 Å². The van der Waals surface area contributed by atoms with Gasteiger partial charge in [0.25, 0.3) is 0 Å². The molecule has 0 aromatic carbocycles. The van der Waals surface area contributed by atoms with E-state index in [2.05, 4.69) is 24.1 Å². The molecule has 3 fully saturated rings. The Morgan fingerprint density at radius 3 is 2.67 bits per heavy atom. The molecule has 2 unspecified atom stereocenters. The zero-order valence-corrected chi connectivity index (χ0v) is 11.4. The summed E-state index contributed by atoms with van der Waals surface area (Å²) < 4.78 is 5.43. The van der Waals surface area contributed by atoms with Gasteiger partial charge in [0.15, 0.2) is 0 Å². The third kappa shape index (κ3) is 1.86. The van der Waals surface area contributed by atoms with E-state index in [1.54, 1.807) is 0 Å². The average Bonchev–Trinajstić information content (AvgIpc) is 3.13. The minimum absolute atomic E-state index is 0.167. The minimum Gasteiger partial charge on any atom is -0.381 e. The molecule has 2 heterocycles. The van der Waals surface area contributed by atoms with Gasteiger partial charge in [-0.1, -0.05) is 6.92 Å². The van der Waals surface area contributed by atoms with Gasteiger partial charge in [0.2, 0.25) is 5.91 Å². The van der Waals surface area contributed by atoms with Crippen LogP contribution in [0, 0.1) is 5.92 Å². The van der Waals surface area contributed by atoms with Crippen LogP contribution in [0.15, 0.2) is 0 Å². The first-order chi connectivity index (χ1) is 8.68. The lowest BCUT2D eigenvalue weighted by Crippen LogP contribution is -2.47. The Labute approximate surface area is 109 Å². The van der Waals surface area contributed by atoms with Crippen LogP contribution in [-0.4, -0.2) is 41.8 Å². The molecule has 2 saturated heterocycles. The lowest BCUT2D eigenvalue weighted by Gasteiger charge is -2.37. The van der Waals surface area contributed by atoms with E-state index in [1.807, 2.05) is 0 Å².